The van der Waals surface area contributed by atoms with Crippen LogP contribution in [-0.4, -0.2) is 19.8 Å². The van der Waals surface area contributed by atoms with Crippen molar-refractivity contribution < 1.29 is 9.47 Å². The molecule has 3 rings (SSSR count). The van der Waals surface area contributed by atoms with E-state index in [1.54, 1.807) is 0 Å². The summed E-state index contributed by atoms with van der Waals surface area (Å²) in [7, 11) is 0. The van der Waals surface area contributed by atoms with Crippen LogP contribution in [0.25, 0.3) is 0 Å². The molecule has 0 spiro atoms. The minimum atomic E-state index is 0.629. The molecule has 0 saturated carbocycles. The molecule has 3 nitrogen and oxygen atoms in total. The maximum atomic E-state index is 5.57. The Labute approximate surface area is 119 Å². The number of nitrogens with one attached hydrogen (secondary N) is 1. The number of rotatable bonds is 5. The van der Waals surface area contributed by atoms with Gasteiger partial charge in [-0.1, -0.05) is 30.3 Å². The third-order valence-electron chi connectivity index (χ3n) is 3.36. The Morgan fingerprint density at radius 3 is 2.55 bits per heavy atom. The van der Waals surface area contributed by atoms with Gasteiger partial charge in [0, 0.05) is 18.3 Å². The number of hydrogen-bond donors (Lipinski definition) is 1. The molecular weight excluding hydrogens is 250 g/mol. The molecule has 0 aliphatic carbocycles. The highest BCUT2D eigenvalue weighted by Crippen LogP contribution is 2.32. The summed E-state index contributed by atoms with van der Waals surface area (Å²) < 4.78 is 11.1. The molecule has 0 saturated heterocycles. The Hall–Kier alpha value is -2.16. The van der Waals surface area contributed by atoms with E-state index in [1.807, 2.05) is 18.2 Å². The van der Waals surface area contributed by atoms with Gasteiger partial charge < -0.3 is 14.8 Å². The van der Waals surface area contributed by atoms with Gasteiger partial charge in [-0.15, -0.1) is 0 Å². The number of fused-ring (bicyclic) bond motifs is 1. The van der Waals surface area contributed by atoms with Crippen LogP contribution in [0.3, 0.4) is 0 Å². The summed E-state index contributed by atoms with van der Waals surface area (Å²) in [5, 5.41) is 3.43. The normalized spacial score (nSPS) is 13.0. The van der Waals surface area contributed by atoms with Crippen LogP contribution in [0.2, 0.25) is 0 Å². The van der Waals surface area contributed by atoms with Crippen LogP contribution in [0.15, 0.2) is 48.5 Å². The third kappa shape index (κ3) is 3.23. The average molecular weight is 269 g/mol. The van der Waals surface area contributed by atoms with Crippen molar-refractivity contribution in [3.05, 3.63) is 54.1 Å². The van der Waals surface area contributed by atoms with Crippen LogP contribution in [0.5, 0.6) is 11.5 Å². The average Bonchev–Trinajstić information content (AvgIpc) is 2.52. The van der Waals surface area contributed by atoms with Gasteiger partial charge in [-0.25, -0.2) is 0 Å². The van der Waals surface area contributed by atoms with Crippen LogP contribution in [0, 0.1) is 0 Å². The number of anilines is 1. The van der Waals surface area contributed by atoms with E-state index in [9.17, 15) is 0 Å². The summed E-state index contributed by atoms with van der Waals surface area (Å²) in [6, 6.07) is 16.6. The van der Waals surface area contributed by atoms with Gasteiger partial charge >= 0.3 is 0 Å². The zero-order chi connectivity index (χ0) is 13.6. The zero-order valence-corrected chi connectivity index (χ0v) is 11.5. The molecule has 2 aromatic rings. The van der Waals surface area contributed by atoms with Crippen molar-refractivity contribution in [2.45, 2.75) is 12.8 Å². The van der Waals surface area contributed by atoms with Gasteiger partial charge in [0.1, 0.15) is 13.2 Å². The molecular formula is C17H19NO2. The van der Waals surface area contributed by atoms with Gasteiger partial charge in [-0.2, -0.15) is 0 Å². The number of ether oxygens (including phenoxy) is 2. The van der Waals surface area contributed by atoms with Crippen molar-refractivity contribution in [2.75, 3.05) is 25.1 Å². The maximum Gasteiger partial charge on any atom is 0.163 e. The highest BCUT2D eigenvalue weighted by Gasteiger charge is 2.11. The Kier molecular flexibility index (Phi) is 4.07. The predicted octanol–water partition coefficient (Wildman–Crippen LogP) is 3.50. The van der Waals surface area contributed by atoms with Gasteiger partial charge in [0.15, 0.2) is 11.5 Å². The fourth-order valence-corrected chi connectivity index (χ4v) is 2.32. The Morgan fingerprint density at radius 2 is 1.70 bits per heavy atom. The molecule has 3 heteroatoms. The van der Waals surface area contributed by atoms with E-state index in [0.29, 0.717) is 13.2 Å². The second-order valence-electron chi connectivity index (χ2n) is 4.87. The first kappa shape index (κ1) is 12.9. The van der Waals surface area contributed by atoms with Crippen molar-refractivity contribution in [3.63, 3.8) is 0 Å². The van der Waals surface area contributed by atoms with Crippen LogP contribution in [-0.2, 0) is 6.42 Å². The molecule has 0 amide bonds. The SMILES string of the molecule is c1ccc(CCCNc2ccc3c(c2)OCCO3)cc1. The monoisotopic (exact) mass is 269 g/mol. The highest BCUT2D eigenvalue weighted by molar-refractivity contribution is 5.55. The quantitative estimate of drug-likeness (QED) is 0.843. The second kappa shape index (κ2) is 6.33. The van der Waals surface area contributed by atoms with Crippen molar-refractivity contribution in [3.8, 4) is 11.5 Å². The molecule has 1 heterocycles. The number of hydrogen-bond acceptors (Lipinski definition) is 3. The molecule has 0 bridgehead atoms. The van der Waals surface area contributed by atoms with E-state index in [4.69, 9.17) is 9.47 Å². The van der Waals surface area contributed by atoms with Gasteiger partial charge in [-0.05, 0) is 30.5 Å². The first-order chi connectivity index (χ1) is 9.92. The molecule has 0 aromatic heterocycles. The molecule has 0 fully saturated rings. The van der Waals surface area contributed by atoms with Gasteiger partial charge in [0.2, 0.25) is 0 Å². The van der Waals surface area contributed by atoms with Gasteiger partial charge in [-0.3, -0.25) is 0 Å². The van der Waals surface area contributed by atoms with E-state index >= 15 is 0 Å². The minimum Gasteiger partial charge on any atom is -0.486 e. The number of benzene rings is 2. The fourth-order valence-electron chi connectivity index (χ4n) is 2.32. The van der Waals surface area contributed by atoms with E-state index < -0.39 is 0 Å². The lowest BCUT2D eigenvalue weighted by Crippen LogP contribution is -2.15. The smallest absolute Gasteiger partial charge is 0.163 e. The molecule has 20 heavy (non-hydrogen) atoms. The molecule has 0 unspecified atom stereocenters. The Morgan fingerprint density at radius 1 is 0.900 bits per heavy atom. The maximum absolute atomic E-state index is 5.57. The number of aryl methyl sites for hydroxylation is 1. The molecule has 1 aliphatic rings. The first-order valence-corrected chi connectivity index (χ1v) is 7.09. The van der Waals surface area contributed by atoms with E-state index in [1.165, 1.54) is 5.56 Å². The lowest BCUT2D eigenvalue weighted by molar-refractivity contribution is 0.171. The summed E-state index contributed by atoms with van der Waals surface area (Å²) in [4.78, 5) is 0. The topological polar surface area (TPSA) is 30.5 Å². The summed E-state index contributed by atoms with van der Waals surface area (Å²) in [6.45, 7) is 2.22. The van der Waals surface area contributed by atoms with E-state index in [2.05, 4.69) is 35.6 Å². The molecule has 1 aliphatic heterocycles. The van der Waals surface area contributed by atoms with Crippen molar-refractivity contribution >= 4 is 5.69 Å². The lowest BCUT2D eigenvalue weighted by Gasteiger charge is -2.19. The van der Waals surface area contributed by atoms with Crippen LogP contribution < -0.4 is 14.8 Å². The Bertz CT molecular complexity index is 554. The molecule has 0 atom stereocenters. The van der Waals surface area contributed by atoms with Crippen LogP contribution >= 0.6 is 0 Å². The summed E-state index contributed by atoms with van der Waals surface area (Å²) in [5.74, 6) is 1.68. The standard InChI is InChI=1S/C17H19NO2/c1-2-5-14(6-3-1)7-4-10-18-15-8-9-16-17(13-15)20-12-11-19-16/h1-3,5-6,8-9,13,18H,4,7,10-12H2. The summed E-state index contributed by atoms with van der Waals surface area (Å²) in [6.07, 6.45) is 2.21. The highest BCUT2D eigenvalue weighted by atomic mass is 16.6. The zero-order valence-electron chi connectivity index (χ0n) is 11.5. The van der Waals surface area contributed by atoms with Gasteiger partial charge in [0.05, 0.1) is 0 Å². The largest absolute Gasteiger partial charge is 0.486 e. The van der Waals surface area contributed by atoms with Crippen molar-refractivity contribution in [2.24, 2.45) is 0 Å². The summed E-state index contributed by atoms with van der Waals surface area (Å²) in [5.41, 5.74) is 2.47. The summed E-state index contributed by atoms with van der Waals surface area (Å²) >= 11 is 0. The molecule has 104 valence electrons. The molecule has 2 aromatic carbocycles. The molecule has 1 N–H and O–H groups in total. The van der Waals surface area contributed by atoms with Crippen LogP contribution in [0.4, 0.5) is 5.69 Å². The molecule has 0 radical (unpaired) electrons. The first-order valence-electron chi connectivity index (χ1n) is 7.09. The van der Waals surface area contributed by atoms with Crippen molar-refractivity contribution in [1.29, 1.82) is 0 Å². The third-order valence-corrected chi connectivity index (χ3v) is 3.36. The minimum absolute atomic E-state index is 0.629. The van der Waals surface area contributed by atoms with E-state index in [-0.39, 0.29) is 0 Å². The predicted molar refractivity (Wildman–Crippen MR) is 80.7 cm³/mol. The van der Waals surface area contributed by atoms with E-state index in [0.717, 1.165) is 36.6 Å². The Balaban J connectivity index is 1.49. The van der Waals surface area contributed by atoms with Crippen molar-refractivity contribution in [1.82, 2.24) is 0 Å². The van der Waals surface area contributed by atoms with Crippen LogP contribution in [0.1, 0.15) is 12.0 Å². The van der Waals surface area contributed by atoms with Gasteiger partial charge in [0.25, 0.3) is 0 Å². The second-order valence-corrected chi connectivity index (χ2v) is 4.87. The lowest BCUT2D eigenvalue weighted by atomic mass is 10.1. The fraction of sp³-hybridized carbons (Fsp3) is 0.294.